The highest BCUT2D eigenvalue weighted by atomic mass is 79.9. The molecule has 0 aliphatic rings. The van der Waals surface area contributed by atoms with Gasteiger partial charge in [-0.1, -0.05) is 35.3 Å². The van der Waals surface area contributed by atoms with Crippen LogP contribution in [0.1, 0.15) is 27.3 Å². The first-order chi connectivity index (χ1) is 12.9. The number of nitrogens with one attached hydrogen (secondary N) is 1. The monoisotopic (exact) mass is 463 g/mol. The molecule has 1 heterocycles. The number of carbonyl (C=O) groups excluding carboxylic acids is 1. The molecule has 0 saturated heterocycles. The van der Waals surface area contributed by atoms with Crippen molar-refractivity contribution in [2.24, 2.45) is 5.10 Å². The Balaban J connectivity index is 1.85. The van der Waals surface area contributed by atoms with Gasteiger partial charge in [-0.25, -0.2) is 5.43 Å². The maximum absolute atomic E-state index is 12.2. The number of hydrogen-bond acceptors (Lipinski definition) is 2. The van der Waals surface area contributed by atoms with Crippen LogP contribution in [0.4, 0.5) is 0 Å². The lowest BCUT2D eigenvalue weighted by atomic mass is 10.2. The third-order valence-corrected chi connectivity index (χ3v) is 5.35. The number of hydrazone groups is 1. The van der Waals surface area contributed by atoms with E-state index in [4.69, 9.17) is 23.2 Å². The molecule has 3 rings (SSSR count). The molecule has 0 aliphatic carbocycles. The smallest absolute Gasteiger partial charge is 0.272 e. The van der Waals surface area contributed by atoms with Crippen LogP contribution in [0.2, 0.25) is 10.0 Å². The van der Waals surface area contributed by atoms with Gasteiger partial charge in [-0.3, -0.25) is 4.79 Å². The van der Waals surface area contributed by atoms with Crippen molar-refractivity contribution in [3.63, 3.8) is 0 Å². The van der Waals surface area contributed by atoms with Gasteiger partial charge in [0.05, 0.1) is 22.5 Å². The van der Waals surface area contributed by atoms with Gasteiger partial charge in [-0.05, 0) is 66.2 Å². The summed E-state index contributed by atoms with van der Waals surface area (Å²) in [6.07, 6.45) is 1.62. The number of aromatic nitrogens is 1. The molecule has 4 nitrogen and oxygen atoms in total. The van der Waals surface area contributed by atoms with Crippen molar-refractivity contribution in [2.75, 3.05) is 0 Å². The van der Waals surface area contributed by atoms with Gasteiger partial charge in [0, 0.05) is 26.4 Å². The van der Waals surface area contributed by atoms with Gasteiger partial charge in [0.15, 0.2) is 0 Å². The number of benzene rings is 2. The standard InChI is InChI=1S/C20H16BrCl2N3O/c1-12-9-14(11-24-25-20(27)16-5-3-4-6-17(16)21)13(2)26(12)19-10-15(22)7-8-18(19)23/h3-11H,1-2H3,(H,25,27)/b24-11-. The van der Waals surface area contributed by atoms with E-state index in [0.717, 1.165) is 22.6 Å². The van der Waals surface area contributed by atoms with Crippen LogP contribution in [0, 0.1) is 13.8 Å². The third kappa shape index (κ3) is 4.26. The van der Waals surface area contributed by atoms with Crippen molar-refractivity contribution in [1.82, 2.24) is 9.99 Å². The summed E-state index contributed by atoms with van der Waals surface area (Å²) < 4.78 is 2.72. The van der Waals surface area contributed by atoms with Crippen LogP contribution in [0.3, 0.4) is 0 Å². The van der Waals surface area contributed by atoms with Crippen LogP contribution in [-0.2, 0) is 0 Å². The summed E-state index contributed by atoms with van der Waals surface area (Å²) >= 11 is 15.8. The zero-order chi connectivity index (χ0) is 19.6. The lowest BCUT2D eigenvalue weighted by molar-refractivity contribution is 0.0954. The van der Waals surface area contributed by atoms with Crippen molar-refractivity contribution in [1.29, 1.82) is 0 Å². The lowest BCUT2D eigenvalue weighted by Gasteiger charge is -2.12. The fraction of sp³-hybridized carbons (Fsp3) is 0.100. The highest BCUT2D eigenvalue weighted by Crippen LogP contribution is 2.28. The average Bonchev–Trinajstić information content (AvgIpc) is 2.91. The molecule has 2 aromatic carbocycles. The average molecular weight is 465 g/mol. The first-order valence-corrected chi connectivity index (χ1v) is 9.65. The number of carbonyl (C=O) groups is 1. The minimum atomic E-state index is -0.287. The van der Waals surface area contributed by atoms with Crippen LogP contribution in [0.25, 0.3) is 5.69 Å². The van der Waals surface area contributed by atoms with Crippen LogP contribution in [0.15, 0.2) is 58.1 Å². The van der Waals surface area contributed by atoms with Crippen LogP contribution in [-0.4, -0.2) is 16.7 Å². The first kappa shape index (κ1) is 19.7. The van der Waals surface area contributed by atoms with Crippen molar-refractivity contribution >= 4 is 51.3 Å². The van der Waals surface area contributed by atoms with E-state index in [2.05, 4.69) is 26.5 Å². The molecule has 1 N–H and O–H groups in total. The number of amides is 1. The molecule has 0 spiro atoms. The topological polar surface area (TPSA) is 46.4 Å². The summed E-state index contributed by atoms with van der Waals surface area (Å²) in [6, 6.07) is 14.5. The molecular formula is C20H16BrCl2N3O. The molecule has 1 amide bonds. The lowest BCUT2D eigenvalue weighted by Crippen LogP contribution is -2.18. The van der Waals surface area contributed by atoms with Crippen molar-refractivity contribution in [3.8, 4) is 5.69 Å². The molecular weight excluding hydrogens is 449 g/mol. The third-order valence-electron chi connectivity index (χ3n) is 4.11. The fourth-order valence-electron chi connectivity index (χ4n) is 2.81. The fourth-order valence-corrected chi connectivity index (χ4v) is 3.65. The van der Waals surface area contributed by atoms with Crippen LogP contribution >= 0.6 is 39.1 Å². The second kappa shape index (κ2) is 8.30. The Hall–Kier alpha value is -2.08. The zero-order valence-corrected chi connectivity index (χ0v) is 17.7. The van der Waals surface area contributed by atoms with Gasteiger partial charge in [0.1, 0.15) is 0 Å². The number of nitrogens with zero attached hydrogens (tertiary/aromatic N) is 2. The molecule has 1 aromatic heterocycles. The second-order valence-electron chi connectivity index (χ2n) is 5.94. The molecule has 0 radical (unpaired) electrons. The zero-order valence-electron chi connectivity index (χ0n) is 14.6. The Labute approximate surface area is 175 Å². The summed E-state index contributed by atoms with van der Waals surface area (Å²) in [6.45, 7) is 3.93. The van der Waals surface area contributed by atoms with Gasteiger partial charge >= 0.3 is 0 Å². The van der Waals surface area contributed by atoms with E-state index in [-0.39, 0.29) is 5.91 Å². The Morgan fingerprint density at radius 2 is 1.89 bits per heavy atom. The molecule has 138 valence electrons. The highest BCUT2D eigenvalue weighted by Gasteiger charge is 2.13. The summed E-state index contributed by atoms with van der Waals surface area (Å²) in [4.78, 5) is 12.2. The van der Waals surface area contributed by atoms with Gasteiger partial charge < -0.3 is 4.57 Å². The maximum Gasteiger partial charge on any atom is 0.272 e. The normalized spacial score (nSPS) is 11.1. The molecule has 27 heavy (non-hydrogen) atoms. The first-order valence-electron chi connectivity index (χ1n) is 8.11. The van der Waals surface area contributed by atoms with E-state index in [1.54, 1.807) is 36.5 Å². The molecule has 0 bridgehead atoms. The summed E-state index contributed by atoms with van der Waals surface area (Å²) in [5.74, 6) is -0.287. The summed E-state index contributed by atoms with van der Waals surface area (Å²) in [5, 5.41) is 5.30. The Bertz CT molecular complexity index is 1040. The van der Waals surface area contributed by atoms with E-state index >= 15 is 0 Å². The van der Waals surface area contributed by atoms with Gasteiger partial charge in [0.25, 0.3) is 5.91 Å². The van der Waals surface area contributed by atoms with Gasteiger partial charge in [0.2, 0.25) is 0 Å². The quantitative estimate of drug-likeness (QED) is 0.377. The van der Waals surface area contributed by atoms with E-state index < -0.39 is 0 Å². The van der Waals surface area contributed by atoms with Crippen molar-refractivity contribution in [2.45, 2.75) is 13.8 Å². The Morgan fingerprint density at radius 3 is 2.63 bits per heavy atom. The van der Waals surface area contributed by atoms with Crippen molar-refractivity contribution in [3.05, 3.63) is 85.6 Å². The molecule has 0 fully saturated rings. The summed E-state index contributed by atoms with van der Waals surface area (Å²) in [5.41, 5.74) is 6.66. The second-order valence-corrected chi connectivity index (χ2v) is 7.63. The highest BCUT2D eigenvalue weighted by molar-refractivity contribution is 9.10. The van der Waals surface area contributed by atoms with E-state index in [9.17, 15) is 4.79 Å². The number of hydrogen-bond donors (Lipinski definition) is 1. The molecule has 0 atom stereocenters. The summed E-state index contributed by atoms with van der Waals surface area (Å²) in [7, 11) is 0. The van der Waals surface area contributed by atoms with Crippen molar-refractivity contribution < 1.29 is 4.79 Å². The largest absolute Gasteiger partial charge is 0.316 e. The molecule has 3 aromatic rings. The van der Waals surface area contributed by atoms with E-state index in [1.165, 1.54) is 0 Å². The molecule has 0 unspecified atom stereocenters. The van der Waals surface area contributed by atoms with E-state index in [0.29, 0.717) is 20.1 Å². The number of halogens is 3. The molecule has 0 saturated carbocycles. The van der Waals surface area contributed by atoms with Crippen LogP contribution in [0.5, 0.6) is 0 Å². The predicted molar refractivity (Wildman–Crippen MR) is 114 cm³/mol. The number of aryl methyl sites for hydroxylation is 1. The molecule has 7 heteroatoms. The van der Waals surface area contributed by atoms with Gasteiger partial charge in [-0.15, -0.1) is 0 Å². The minimum absolute atomic E-state index is 0.287. The van der Waals surface area contributed by atoms with E-state index in [1.807, 2.05) is 36.6 Å². The van der Waals surface area contributed by atoms with Crippen LogP contribution < -0.4 is 5.43 Å². The predicted octanol–water partition coefficient (Wildman–Crippen LogP) is 5.93. The Kier molecular flexibility index (Phi) is 6.05. The number of rotatable bonds is 4. The molecule has 0 aliphatic heterocycles. The maximum atomic E-state index is 12.2. The minimum Gasteiger partial charge on any atom is -0.316 e. The Morgan fingerprint density at radius 1 is 1.15 bits per heavy atom. The SMILES string of the molecule is Cc1cc(/C=N\NC(=O)c2ccccc2Br)c(C)n1-c1cc(Cl)ccc1Cl. The van der Waals surface area contributed by atoms with Gasteiger partial charge in [-0.2, -0.15) is 5.10 Å².